The third-order valence-electron chi connectivity index (χ3n) is 4.35. The summed E-state index contributed by atoms with van der Waals surface area (Å²) in [4.78, 5) is 24.2. The Hall–Kier alpha value is -1.06. The molecule has 0 bridgehead atoms. The van der Waals surface area contributed by atoms with E-state index in [1.165, 1.54) is 25.7 Å². The molecule has 96 valence electrons. The van der Waals surface area contributed by atoms with Crippen molar-refractivity contribution in [3.63, 3.8) is 0 Å². The third-order valence-corrected chi connectivity index (χ3v) is 4.35. The lowest BCUT2D eigenvalue weighted by Crippen LogP contribution is -2.31. The van der Waals surface area contributed by atoms with Gasteiger partial charge in [-0.15, -0.1) is 0 Å². The zero-order valence-electron chi connectivity index (χ0n) is 10.4. The maximum Gasteiger partial charge on any atom is 0.303 e. The smallest absolute Gasteiger partial charge is 0.303 e. The van der Waals surface area contributed by atoms with Crippen molar-refractivity contribution >= 4 is 11.9 Å². The number of nitrogens with zero attached hydrogens (tertiary/aromatic N) is 1. The van der Waals surface area contributed by atoms with Gasteiger partial charge < -0.3 is 10.0 Å². The Bertz CT molecular complexity index is 321. The van der Waals surface area contributed by atoms with Gasteiger partial charge in [-0.05, 0) is 31.1 Å². The first-order valence-electron chi connectivity index (χ1n) is 6.52. The van der Waals surface area contributed by atoms with Crippen LogP contribution in [-0.2, 0) is 9.59 Å². The van der Waals surface area contributed by atoms with Gasteiger partial charge in [-0.25, -0.2) is 0 Å². The Kier molecular flexibility index (Phi) is 3.40. The fourth-order valence-corrected chi connectivity index (χ4v) is 3.17. The Morgan fingerprint density at radius 2 is 2.00 bits per heavy atom. The molecule has 2 aliphatic carbocycles. The molecule has 0 radical (unpaired) electrons. The molecule has 1 amide bonds. The molecular formula is C13H21NO3. The van der Waals surface area contributed by atoms with Crippen molar-refractivity contribution in [1.82, 2.24) is 4.90 Å². The summed E-state index contributed by atoms with van der Waals surface area (Å²) in [6, 6.07) is 0. The molecule has 2 rings (SSSR count). The lowest BCUT2D eigenvalue weighted by molar-refractivity contribution is -0.138. The molecule has 1 N–H and O–H groups in total. The van der Waals surface area contributed by atoms with Gasteiger partial charge in [0.2, 0.25) is 5.91 Å². The zero-order valence-corrected chi connectivity index (χ0v) is 10.4. The monoisotopic (exact) mass is 239 g/mol. The first kappa shape index (κ1) is 12.4. The fourth-order valence-electron chi connectivity index (χ4n) is 3.17. The Morgan fingerprint density at radius 1 is 1.35 bits per heavy atom. The molecule has 4 heteroatoms. The molecule has 2 saturated carbocycles. The largest absolute Gasteiger partial charge is 0.481 e. The number of carboxylic acids is 1. The summed E-state index contributed by atoms with van der Waals surface area (Å²) in [7, 11) is 1.80. The average Bonchev–Trinajstić information content (AvgIpc) is 2.74. The lowest BCUT2D eigenvalue weighted by atomic mass is 10.0. The van der Waals surface area contributed by atoms with Gasteiger partial charge in [-0.2, -0.15) is 0 Å². The lowest BCUT2D eigenvalue weighted by Gasteiger charge is -2.18. The minimum absolute atomic E-state index is 0.146. The number of rotatable bonds is 5. The number of aliphatic carboxylic acids is 1. The normalized spacial score (nSPS) is 24.9. The van der Waals surface area contributed by atoms with E-state index in [2.05, 4.69) is 0 Å². The third kappa shape index (κ3) is 2.61. The van der Waals surface area contributed by atoms with E-state index in [0.29, 0.717) is 18.4 Å². The number of amides is 1. The van der Waals surface area contributed by atoms with Crippen molar-refractivity contribution in [3.8, 4) is 0 Å². The Balaban J connectivity index is 1.75. The van der Waals surface area contributed by atoms with Gasteiger partial charge in [-0.3, -0.25) is 9.59 Å². The average molecular weight is 239 g/mol. The molecule has 0 aromatic carbocycles. The number of carbonyl (C=O) groups is 2. The van der Waals surface area contributed by atoms with Gasteiger partial charge in [0.15, 0.2) is 0 Å². The van der Waals surface area contributed by atoms with E-state index in [0.717, 1.165) is 6.42 Å². The van der Waals surface area contributed by atoms with Crippen LogP contribution in [0.2, 0.25) is 0 Å². The van der Waals surface area contributed by atoms with E-state index in [9.17, 15) is 9.59 Å². The molecule has 2 aliphatic rings. The van der Waals surface area contributed by atoms with Crippen LogP contribution in [-0.4, -0.2) is 35.5 Å². The highest BCUT2D eigenvalue weighted by molar-refractivity contribution is 5.82. The maximum atomic E-state index is 12.1. The summed E-state index contributed by atoms with van der Waals surface area (Å²) >= 11 is 0. The van der Waals surface area contributed by atoms with Gasteiger partial charge in [0.1, 0.15) is 0 Å². The van der Waals surface area contributed by atoms with Gasteiger partial charge in [0, 0.05) is 25.9 Å². The van der Waals surface area contributed by atoms with Gasteiger partial charge in [0.25, 0.3) is 0 Å². The SMILES string of the molecule is CN(CCCC(=O)O)C(=O)C1CC12CCCC2. The van der Waals surface area contributed by atoms with Crippen LogP contribution in [0, 0.1) is 11.3 Å². The van der Waals surface area contributed by atoms with Gasteiger partial charge >= 0.3 is 5.97 Å². The Morgan fingerprint density at radius 3 is 2.59 bits per heavy atom. The van der Waals surface area contributed by atoms with E-state index in [-0.39, 0.29) is 18.2 Å². The van der Waals surface area contributed by atoms with Crippen molar-refractivity contribution in [2.24, 2.45) is 11.3 Å². The van der Waals surface area contributed by atoms with Crippen LogP contribution in [0.1, 0.15) is 44.9 Å². The van der Waals surface area contributed by atoms with Crippen LogP contribution >= 0.6 is 0 Å². The standard InChI is InChI=1S/C13H21NO3/c1-14(8-4-5-11(15)16)12(17)10-9-13(10)6-2-3-7-13/h10H,2-9H2,1H3,(H,15,16). The minimum atomic E-state index is -0.787. The quantitative estimate of drug-likeness (QED) is 0.797. The second-order valence-electron chi connectivity index (χ2n) is 5.58. The number of carboxylic acid groups (broad SMARTS) is 1. The molecule has 0 saturated heterocycles. The fraction of sp³-hybridized carbons (Fsp3) is 0.846. The summed E-state index contributed by atoms with van der Waals surface area (Å²) < 4.78 is 0. The van der Waals surface area contributed by atoms with Crippen LogP contribution in [0.4, 0.5) is 0 Å². The Labute approximate surface area is 102 Å². The summed E-state index contributed by atoms with van der Waals surface area (Å²) in [6.45, 7) is 0.567. The first-order chi connectivity index (χ1) is 8.05. The number of carbonyl (C=O) groups excluding carboxylic acids is 1. The second kappa shape index (κ2) is 4.67. The van der Waals surface area contributed by atoms with Crippen molar-refractivity contribution in [1.29, 1.82) is 0 Å². The predicted molar refractivity (Wildman–Crippen MR) is 63.5 cm³/mol. The summed E-state index contributed by atoms with van der Waals surface area (Å²) in [5, 5.41) is 8.55. The van der Waals surface area contributed by atoms with Crippen LogP contribution in [0.25, 0.3) is 0 Å². The second-order valence-corrected chi connectivity index (χ2v) is 5.58. The topological polar surface area (TPSA) is 57.6 Å². The molecule has 4 nitrogen and oxygen atoms in total. The molecular weight excluding hydrogens is 218 g/mol. The van der Waals surface area contributed by atoms with E-state index in [4.69, 9.17) is 5.11 Å². The number of hydrogen-bond acceptors (Lipinski definition) is 2. The summed E-state index contributed by atoms with van der Waals surface area (Å²) in [5.74, 6) is -0.318. The van der Waals surface area contributed by atoms with E-state index < -0.39 is 5.97 Å². The predicted octanol–water partition coefficient (Wildman–Crippen LogP) is 1.89. The van der Waals surface area contributed by atoms with Crippen LogP contribution in [0.5, 0.6) is 0 Å². The zero-order chi connectivity index (χ0) is 12.5. The summed E-state index contributed by atoms with van der Waals surface area (Å²) in [6.07, 6.45) is 6.73. The van der Waals surface area contributed by atoms with Crippen LogP contribution in [0.15, 0.2) is 0 Å². The van der Waals surface area contributed by atoms with Gasteiger partial charge in [-0.1, -0.05) is 12.8 Å². The van der Waals surface area contributed by atoms with Crippen molar-refractivity contribution in [2.45, 2.75) is 44.9 Å². The van der Waals surface area contributed by atoms with E-state index in [1.54, 1.807) is 11.9 Å². The maximum absolute atomic E-state index is 12.1. The van der Waals surface area contributed by atoms with Crippen LogP contribution < -0.4 is 0 Å². The summed E-state index contributed by atoms with van der Waals surface area (Å²) in [5.41, 5.74) is 0.345. The van der Waals surface area contributed by atoms with Crippen molar-refractivity contribution < 1.29 is 14.7 Å². The molecule has 0 heterocycles. The first-order valence-corrected chi connectivity index (χ1v) is 6.52. The van der Waals surface area contributed by atoms with Crippen molar-refractivity contribution in [2.75, 3.05) is 13.6 Å². The van der Waals surface area contributed by atoms with E-state index >= 15 is 0 Å². The number of hydrogen-bond donors (Lipinski definition) is 1. The van der Waals surface area contributed by atoms with Crippen molar-refractivity contribution in [3.05, 3.63) is 0 Å². The molecule has 0 aromatic heterocycles. The molecule has 1 spiro atoms. The minimum Gasteiger partial charge on any atom is -0.481 e. The van der Waals surface area contributed by atoms with Crippen LogP contribution in [0.3, 0.4) is 0 Å². The highest BCUT2D eigenvalue weighted by Crippen LogP contribution is 2.63. The molecule has 17 heavy (non-hydrogen) atoms. The highest BCUT2D eigenvalue weighted by Gasteiger charge is 2.59. The molecule has 1 unspecified atom stereocenters. The molecule has 1 atom stereocenters. The molecule has 0 aliphatic heterocycles. The van der Waals surface area contributed by atoms with E-state index in [1.807, 2.05) is 0 Å². The highest BCUT2D eigenvalue weighted by atomic mass is 16.4. The molecule has 0 aromatic rings. The van der Waals surface area contributed by atoms with Gasteiger partial charge in [0.05, 0.1) is 0 Å². The molecule has 2 fully saturated rings.